The zero-order valence-corrected chi connectivity index (χ0v) is 9.74. The molecule has 1 unspecified atom stereocenters. The van der Waals surface area contributed by atoms with Crippen LogP contribution in [0.3, 0.4) is 0 Å². The molecule has 1 aliphatic carbocycles. The van der Waals surface area contributed by atoms with Crippen molar-refractivity contribution in [2.45, 2.75) is 63.1 Å². The van der Waals surface area contributed by atoms with Crippen molar-refractivity contribution >= 4 is 5.91 Å². The molecule has 2 aliphatic rings. The van der Waals surface area contributed by atoms with E-state index in [4.69, 9.17) is 0 Å². The lowest BCUT2D eigenvalue weighted by atomic mass is 9.92. The summed E-state index contributed by atoms with van der Waals surface area (Å²) in [5.41, 5.74) is 0. The number of carbonyl (C=O) groups excluding carboxylic acids is 1. The fourth-order valence-corrected chi connectivity index (χ4v) is 2.60. The maximum Gasteiger partial charge on any atom is 0.237 e. The first-order valence-corrected chi connectivity index (χ1v) is 6.47. The van der Waals surface area contributed by atoms with Gasteiger partial charge in [0.15, 0.2) is 0 Å². The minimum absolute atomic E-state index is 0.0144. The SMILES string of the molecule is O=C(NC1CCC(O)CC1)C1CCCCN1. The van der Waals surface area contributed by atoms with Crippen molar-refractivity contribution in [3.63, 3.8) is 0 Å². The molecule has 1 atom stereocenters. The first-order valence-electron chi connectivity index (χ1n) is 6.47. The molecule has 1 heterocycles. The number of aliphatic hydroxyl groups is 1. The molecule has 0 aromatic rings. The van der Waals surface area contributed by atoms with Gasteiger partial charge in [0.25, 0.3) is 0 Å². The Labute approximate surface area is 96.8 Å². The molecule has 1 aliphatic heterocycles. The summed E-state index contributed by atoms with van der Waals surface area (Å²) in [5, 5.41) is 15.7. The van der Waals surface area contributed by atoms with E-state index in [1.165, 1.54) is 6.42 Å². The Bertz CT molecular complexity index is 231. The fourth-order valence-electron chi connectivity index (χ4n) is 2.60. The number of carbonyl (C=O) groups is 1. The Morgan fingerprint density at radius 2 is 1.88 bits per heavy atom. The fraction of sp³-hybridized carbons (Fsp3) is 0.917. The van der Waals surface area contributed by atoms with Gasteiger partial charge in [-0.2, -0.15) is 0 Å². The summed E-state index contributed by atoms with van der Waals surface area (Å²) >= 11 is 0. The Kier molecular flexibility index (Phi) is 4.18. The van der Waals surface area contributed by atoms with E-state index in [1.807, 2.05) is 0 Å². The predicted octanol–water partition coefficient (Wildman–Crippen LogP) is 0.548. The van der Waals surface area contributed by atoms with E-state index < -0.39 is 0 Å². The highest BCUT2D eigenvalue weighted by molar-refractivity contribution is 5.82. The summed E-state index contributed by atoms with van der Waals surface area (Å²) in [4.78, 5) is 11.9. The van der Waals surface area contributed by atoms with Crippen LogP contribution >= 0.6 is 0 Å². The second kappa shape index (κ2) is 5.64. The van der Waals surface area contributed by atoms with E-state index in [0.717, 1.165) is 45.1 Å². The minimum Gasteiger partial charge on any atom is -0.393 e. The lowest BCUT2D eigenvalue weighted by molar-refractivity contribution is -0.124. The van der Waals surface area contributed by atoms with Crippen LogP contribution in [0.1, 0.15) is 44.9 Å². The normalized spacial score (nSPS) is 35.7. The van der Waals surface area contributed by atoms with Gasteiger partial charge in [-0.1, -0.05) is 6.42 Å². The molecular formula is C12H22N2O2. The maximum atomic E-state index is 11.9. The molecular weight excluding hydrogens is 204 g/mol. The van der Waals surface area contributed by atoms with Crippen molar-refractivity contribution in [3.05, 3.63) is 0 Å². The van der Waals surface area contributed by atoms with Crippen LogP contribution in [-0.2, 0) is 4.79 Å². The molecule has 4 heteroatoms. The summed E-state index contributed by atoms with van der Waals surface area (Å²) in [5.74, 6) is 0.154. The van der Waals surface area contributed by atoms with E-state index >= 15 is 0 Å². The van der Waals surface area contributed by atoms with Crippen LogP contribution < -0.4 is 10.6 Å². The second-order valence-electron chi connectivity index (χ2n) is 5.02. The average molecular weight is 226 g/mol. The summed E-state index contributed by atoms with van der Waals surface area (Å²) in [6, 6.07) is 0.292. The summed E-state index contributed by atoms with van der Waals surface area (Å²) < 4.78 is 0. The molecule has 1 saturated carbocycles. The van der Waals surface area contributed by atoms with E-state index in [-0.39, 0.29) is 24.1 Å². The Morgan fingerprint density at radius 1 is 1.12 bits per heavy atom. The monoisotopic (exact) mass is 226 g/mol. The van der Waals surface area contributed by atoms with Gasteiger partial charge in [0, 0.05) is 6.04 Å². The Morgan fingerprint density at radius 3 is 2.50 bits per heavy atom. The van der Waals surface area contributed by atoms with E-state index in [0.29, 0.717) is 0 Å². The van der Waals surface area contributed by atoms with Crippen molar-refractivity contribution in [2.75, 3.05) is 6.54 Å². The third-order valence-electron chi connectivity index (χ3n) is 3.67. The number of nitrogens with one attached hydrogen (secondary N) is 2. The molecule has 1 amide bonds. The van der Waals surface area contributed by atoms with E-state index in [1.54, 1.807) is 0 Å². The van der Waals surface area contributed by atoms with Crippen molar-refractivity contribution in [3.8, 4) is 0 Å². The van der Waals surface area contributed by atoms with Gasteiger partial charge in [0.05, 0.1) is 12.1 Å². The van der Waals surface area contributed by atoms with Gasteiger partial charge in [0.2, 0.25) is 5.91 Å². The molecule has 16 heavy (non-hydrogen) atoms. The van der Waals surface area contributed by atoms with Crippen LogP contribution in [0.5, 0.6) is 0 Å². The van der Waals surface area contributed by atoms with Crippen LogP contribution in [0.4, 0.5) is 0 Å². The number of aliphatic hydroxyl groups excluding tert-OH is 1. The van der Waals surface area contributed by atoms with E-state index in [9.17, 15) is 9.90 Å². The van der Waals surface area contributed by atoms with Crippen LogP contribution in [0.2, 0.25) is 0 Å². The summed E-state index contributed by atoms with van der Waals surface area (Å²) in [6.07, 6.45) is 6.61. The standard InChI is InChI=1S/C12H22N2O2/c15-10-6-4-9(5-7-10)14-12(16)11-3-1-2-8-13-11/h9-11,13,15H,1-8H2,(H,14,16). The highest BCUT2D eigenvalue weighted by atomic mass is 16.3. The van der Waals surface area contributed by atoms with Crippen LogP contribution in [0, 0.1) is 0 Å². The highest BCUT2D eigenvalue weighted by Gasteiger charge is 2.25. The largest absolute Gasteiger partial charge is 0.393 e. The Hall–Kier alpha value is -0.610. The smallest absolute Gasteiger partial charge is 0.237 e. The zero-order valence-electron chi connectivity index (χ0n) is 9.74. The minimum atomic E-state index is -0.152. The first-order chi connectivity index (χ1) is 7.75. The van der Waals surface area contributed by atoms with E-state index in [2.05, 4.69) is 10.6 Å². The Balaban J connectivity index is 1.73. The maximum absolute atomic E-state index is 11.9. The molecule has 0 bridgehead atoms. The van der Waals surface area contributed by atoms with Crippen LogP contribution in [-0.4, -0.2) is 35.7 Å². The zero-order chi connectivity index (χ0) is 11.4. The van der Waals surface area contributed by atoms with Gasteiger partial charge >= 0.3 is 0 Å². The first kappa shape index (κ1) is 11.9. The molecule has 0 spiro atoms. The summed E-state index contributed by atoms with van der Waals surface area (Å²) in [6.45, 7) is 0.960. The molecule has 2 rings (SSSR count). The second-order valence-corrected chi connectivity index (χ2v) is 5.02. The number of hydrogen-bond donors (Lipinski definition) is 3. The van der Waals surface area contributed by atoms with Gasteiger partial charge in [-0.15, -0.1) is 0 Å². The molecule has 0 aromatic carbocycles. The molecule has 1 saturated heterocycles. The lowest BCUT2D eigenvalue weighted by Crippen LogP contribution is -2.50. The predicted molar refractivity (Wildman–Crippen MR) is 62.0 cm³/mol. The third-order valence-corrected chi connectivity index (χ3v) is 3.67. The average Bonchev–Trinajstić information content (AvgIpc) is 2.33. The van der Waals surface area contributed by atoms with Gasteiger partial charge < -0.3 is 15.7 Å². The molecule has 0 aromatic heterocycles. The molecule has 3 N–H and O–H groups in total. The van der Waals surface area contributed by atoms with Gasteiger partial charge in [-0.3, -0.25) is 4.79 Å². The van der Waals surface area contributed by atoms with Gasteiger partial charge in [-0.25, -0.2) is 0 Å². The molecule has 92 valence electrons. The van der Waals surface area contributed by atoms with Crippen molar-refractivity contribution in [1.82, 2.24) is 10.6 Å². The van der Waals surface area contributed by atoms with Crippen LogP contribution in [0.15, 0.2) is 0 Å². The molecule has 2 fully saturated rings. The number of piperidine rings is 1. The van der Waals surface area contributed by atoms with Crippen molar-refractivity contribution in [2.24, 2.45) is 0 Å². The van der Waals surface area contributed by atoms with Crippen molar-refractivity contribution in [1.29, 1.82) is 0 Å². The number of amides is 1. The quantitative estimate of drug-likeness (QED) is 0.644. The third kappa shape index (κ3) is 3.19. The topological polar surface area (TPSA) is 61.4 Å². The molecule has 4 nitrogen and oxygen atoms in total. The molecule has 0 radical (unpaired) electrons. The number of rotatable bonds is 2. The lowest BCUT2D eigenvalue weighted by Gasteiger charge is -2.29. The van der Waals surface area contributed by atoms with Crippen molar-refractivity contribution < 1.29 is 9.90 Å². The van der Waals surface area contributed by atoms with Gasteiger partial charge in [-0.05, 0) is 45.1 Å². The highest BCUT2D eigenvalue weighted by Crippen LogP contribution is 2.18. The number of hydrogen-bond acceptors (Lipinski definition) is 3. The summed E-state index contributed by atoms with van der Waals surface area (Å²) in [7, 11) is 0. The van der Waals surface area contributed by atoms with Crippen LogP contribution in [0.25, 0.3) is 0 Å². The van der Waals surface area contributed by atoms with Gasteiger partial charge in [0.1, 0.15) is 0 Å².